The largest absolute Gasteiger partial charge is 0.403 e. The van der Waals surface area contributed by atoms with Crippen LogP contribution < -0.4 is 11.1 Å². The first-order valence-electron chi connectivity index (χ1n) is 5.48. The maximum atomic E-state index is 5.45. The van der Waals surface area contributed by atoms with Crippen LogP contribution in [0, 0.1) is 0 Å². The number of nitrogens with zero attached hydrogens (tertiary/aromatic N) is 2. The van der Waals surface area contributed by atoms with Crippen LogP contribution in [0.4, 0.5) is 0 Å². The zero-order chi connectivity index (χ0) is 10.9. The van der Waals surface area contributed by atoms with Crippen LogP contribution in [0.15, 0.2) is 21.9 Å². The van der Waals surface area contributed by atoms with Crippen LogP contribution in [-0.2, 0) is 0 Å². The molecule has 0 atom stereocenters. The van der Waals surface area contributed by atoms with E-state index in [9.17, 15) is 0 Å². The van der Waals surface area contributed by atoms with E-state index < -0.39 is 0 Å². The molecule has 0 bridgehead atoms. The van der Waals surface area contributed by atoms with Crippen molar-refractivity contribution < 1.29 is 0 Å². The van der Waals surface area contributed by atoms with Crippen LogP contribution in [0.5, 0.6) is 0 Å². The van der Waals surface area contributed by atoms with E-state index >= 15 is 0 Å². The SMILES string of the molecule is C=NCN/C(C=NC1CCCCC1)=C/N. The van der Waals surface area contributed by atoms with Crippen molar-refractivity contribution in [3.05, 3.63) is 11.9 Å². The van der Waals surface area contributed by atoms with Crippen molar-refractivity contribution >= 4 is 12.9 Å². The highest BCUT2D eigenvalue weighted by Crippen LogP contribution is 2.19. The smallest absolute Gasteiger partial charge is 0.107 e. The fourth-order valence-electron chi connectivity index (χ4n) is 1.71. The zero-order valence-corrected chi connectivity index (χ0v) is 9.15. The highest BCUT2D eigenvalue weighted by Gasteiger charge is 2.10. The van der Waals surface area contributed by atoms with Gasteiger partial charge in [0.2, 0.25) is 0 Å². The summed E-state index contributed by atoms with van der Waals surface area (Å²) in [6.45, 7) is 3.86. The highest BCUT2D eigenvalue weighted by molar-refractivity contribution is 5.77. The predicted molar refractivity (Wildman–Crippen MR) is 65.2 cm³/mol. The Morgan fingerprint density at radius 1 is 1.40 bits per heavy atom. The van der Waals surface area contributed by atoms with Crippen molar-refractivity contribution in [2.45, 2.75) is 38.1 Å². The standard InChI is InChI=1S/C11H20N4/c1-13-9-15-11(7-12)8-14-10-5-3-2-4-6-10/h7-8,10,15H,1-6,9,12H2/b11-7+,14-8?. The topological polar surface area (TPSA) is 62.8 Å². The number of nitrogens with two attached hydrogens (primary N) is 1. The van der Waals surface area contributed by atoms with E-state index in [1.807, 2.05) is 0 Å². The molecule has 1 aliphatic rings. The number of rotatable bonds is 5. The Hall–Kier alpha value is -1.32. The summed E-state index contributed by atoms with van der Waals surface area (Å²) >= 11 is 0. The van der Waals surface area contributed by atoms with Crippen LogP contribution in [0.3, 0.4) is 0 Å². The molecular formula is C11H20N4. The van der Waals surface area contributed by atoms with Gasteiger partial charge in [-0.25, -0.2) is 0 Å². The number of nitrogens with one attached hydrogen (secondary N) is 1. The third-order valence-corrected chi connectivity index (χ3v) is 2.57. The van der Waals surface area contributed by atoms with Crippen molar-refractivity contribution in [3.8, 4) is 0 Å². The Bertz CT molecular complexity index is 239. The van der Waals surface area contributed by atoms with Gasteiger partial charge in [0.15, 0.2) is 0 Å². The first-order chi connectivity index (χ1) is 7.36. The van der Waals surface area contributed by atoms with Gasteiger partial charge in [0, 0.05) is 12.4 Å². The molecule has 0 aliphatic heterocycles. The second-order valence-electron chi connectivity index (χ2n) is 3.75. The van der Waals surface area contributed by atoms with E-state index in [2.05, 4.69) is 22.0 Å². The normalized spacial score (nSPS) is 19.3. The third kappa shape index (κ3) is 4.63. The van der Waals surface area contributed by atoms with E-state index in [0.717, 1.165) is 5.70 Å². The van der Waals surface area contributed by atoms with Gasteiger partial charge in [-0.2, -0.15) is 0 Å². The van der Waals surface area contributed by atoms with Crippen LogP contribution in [0.1, 0.15) is 32.1 Å². The summed E-state index contributed by atoms with van der Waals surface area (Å²) in [7, 11) is 0. The first kappa shape index (κ1) is 11.8. The van der Waals surface area contributed by atoms with E-state index in [0.29, 0.717) is 12.7 Å². The molecule has 0 radical (unpaired) electrons. The molecule has 3 N–H and O–H groups in total. The van der Waals surface area contributed by atoms with Gasteiger partial charge in [-0.3, -0.25) is 9.98 Å². The lowest BCUT2D eigenvalue weighted by atomic mass is 9.96. The molecule has 0 aromatic rings. The molecule has 1 saturated carbocycles. The van der Waals surface area contributed by atoms with Crippen molar-refractivity contribution in [3.63, 3.8) is 0 Å². The lowest BCUT2D eigenvalue weighted by molar-refractivity contribution is 0.444. The Morgan fingerprint density at radius 3 is 2.73 bits per heavy atom. The molecule has 4 heteroatoms. The summed E-state index contributed by atoms with van der Waals surface area (Å²) in [4.78, 5) is 8.21. The minimum atomic E-state index is 0.472. The fourth-order valence-corrected chi connectivity index (χ4v) is 1.71. The minimum Gasteiger partial charge on any atom is -0.403 e. The minimum absolute atomic E-state index is 0.472. The van der Waals surface area contributed by atoms with Crippen molar-refractivity contribution in [2.75, 3.05) is 6.67 Å². The second kappa shape index (κ2) is 7.04. The Kier molecular flexibility index (Phi) is 5.51. The van der Waals surface area contributed by atoms with Crippen LogP contribution in [0.2, 0.25) is 0 Å². The average Bonchev–Trinajstić information content (AvgIpc) is 2.31. The van der Waals surface area contributed by atoms with Crippen LogP contribution >= 0.6 is 0 Å². The van der Waals surface area contributed by atoms with Crippen LogP contribution in [0.25, 0.3) is 0 Å². The van der Waals surface area contributed by atoms with Gasteiger partial charge < -0.3 is 11.1 Å². The molecule has 0 saturated heterocycles. The number of hydrogen-bond donors (Lipinski definition) is 2. The van der Waals surface area contributed by atoms with Gasteiger partial charge in [-0.1, -0.05) is 19.3 Å². The monoisotopic (exact) mass is 208 g/mol. The van der Waals surface area contributed by atoms with Crippen molar-refractivity contribution in [1.82, 2.24) is 5.32 Å². The third-order valence-electron chi connectivity index (χ3n) is 2.57. The van der Waals surface area contributed by atoms with Gasteiger partial charge >= 0.3 is 0 Å². The van der Waals surface area contributed by atoms with Crippen molar-refractivity contribution in [2.24, 2.45) is 15.7 Å². The maximum Gasteiger partial charge on any atom is 0.107 e. The maximum absolute atomic E-state index is 5.45. The predicted octanol–water partition coefficient (Wildman–Crippen LogP) is 1.44. The summed E-state index contributed by atoms with van der Waals surface area (Å²) in [5.41, 5.74) is 6.26. The molecule has 1 rings (SSSR count). The lowest BCUT2D eigenvalue weighted by Crippen LogP contribution is -2.17. The van der Waals surface area contributed by atoms with E-state index in [-0.39, 0.29) is 0 Å². The number of hydrogen-bond acceptors (Lipinski definition) is 4. The molecule has 15 heavy (non-hydrogen) atoms. The van der Waals surface area contributed by atoms with Gasteiger partial charge in [0.05, 0.1) is 11.7 Å². The molecular weight excluding hydrogens is 188 g/mol. The zero-order valence-electron chi connectivity index (χ0n) is 9.15. The summed E-state index contributed by atoms with van der Waals surface area (Å²) < 4.78 is 0. The van der Waals surface area contributed by atoms with Crippen molar-refractivity contribution in [1.29, 1.82) is 0 Å². The van der Waals surface area contributed by atoms with Gasteiger partial charge in [0.25, 0.3) is 0 Å². The van der Waals surface area contributed by atoms with Crippen LogP contribution in [-0.4, -0.2) is 25.6 Å². The molecule has 0 unspecified atom stereocenters. The van der Waals surface area contributed by atoms with E-state index in [4.69, 9.17) is 5.73 Å². The molecule has 0 aromatic heterocycles. The summed E-state index contributed by atoms with van der Waals surface area (Å²) in [6, 6.07) is 0.479. The molecule has 0 aromatic carbocycles. The summed E-state index contributed by atoms with van der Waals surface area (Å²) in [5, 5.41) is 3.02. The number of aliphatic imine (C=N–C) groups is 2. The van der Waals surface area contributed by atoms with Gasteiger partial charge in [-0.05, 0) is 19.6 Å². The fraction of sp³-hybridized carbons (Fsp3) is 0.636. The molecule has 4 nitrogen and oxygen atoms in total. The second-order valence-corrected chi connectivity index (χ2v) is 3.75. The molecule has 0 spiro atoms. The summed E-state index contributed by atoms with van der Waals surface area (Å²) in [5.74, 6) is 0. The first-order valence-corrected chi connectivity index (χ1v) is 5.48. The highest BCUT2D eigenvalue weighted by atomic mass is 15.0. The Balaban J connectivity index is 2.35. The Labute approximate surface area is 91.4 Å². The molecule has 0 heterocycles. The quantitative estimate of drug-likeness (QED) is 0.671. The molecule has 0 amide bonds. The lowest BCUT2D eigenvalue weighted by Gasteiger charge is -2.17. The van der Waals surface area contributed by atoms with Gasteiger partial charge in [0.1, 0.15) is 6.67 Å². The number of allylic oxidation sites excluding steroid dienone is 1. The van der Waals surface area contributed by atoms with Gasteiger partial charge in [-0.15, -0.1) is 0 Å². The molecule has 1 aliphatic carbocycles. The molecule has 1 fully saturated rings. The average molecular weight is 208 g/mol. The van der Waals surface area contributed by atoms with E-state index in [1.165, 1.54) is 38.3 Å². The van der Waals surface area contributed by atoms with E-state index in [1.54, 1.807) is 6.21 Å². The summed E-state index contributed by atoms with van der Waals surface area (Å²) in [6.07, 6.45) is 9.67. The Morgan fingerprint density at radius 2 is 2.13 bits per heavy atom. The molecule has 84 valence electrons.